The molecule has 3 aromatic rings. The molecule has 0 bridgehead atoms. The number of thiophene rings is 1. The minimum absolute atomic E-state index is 0.0219. The maximum absolute atomic E-state index is 13.8. The first-order chi connectivity index (χ1) is 12.1. The molecule has 0 unspecified atom stereocenters. The predicted octanol–water partition coefficient (Wildman–Crippen LogP) is 4.66. The van der Waals surface area contributed by atoms with Crippen molar-refractivity contribution in [2.45, 2.75) is 0 Å². The first-order valence-electron chi connectivity index (χ1n) is 8.10. The predicted molar refractivity (Wildman–Crippen MR) is 101 cm³/mol. The average molecular weight is 375 g/mol. The first kappa shape index (κ1) is 16.4. The summed E-state index contributed by atoms with van der Waals surface area (Å²) in [7, 11) is 0. The molecular formula is C19H16ClFN2OS. The second-order valence-corrected chi connectivity index (χ2v) is 7.54. The van der Waals surface area contributed by atoms with Crippen LogP contribution in [0.1, 0.15) is 9.67 Å². The zero-order valence-electron chi connectivity index (χ0n) is 13.4. The SMILES string of the molecule is O=C(c1cc2c(F)cccc2s1)N1CCN(c2cccc(Cl)c2)CC1. The third-order valence-corrected chi connectivity index (χ3v) is 5.78. The molecule has 0 spiro atoms. The van der Waals surface area contributed by atoms with E-state index in [1.807, 2.05) is 35.2 Å². The van der Waals surface area contributed by atoms with E-state index < -0.39 is 0 Å². The zero-order chi connectivity index (χ0) is 17.4. The van der Waals surface area contributed by atoms with Gasteiger partial charge in [-0.3, -0.25) is 4.79 Å². The van der Waals surface area contributed by atoms with Crippen molar-refractivity contribution in [1.29, 1.82) is 0 Å². The van der Waals surface area contributed by atoms with Crippen LogP contribution in [0.5, 0.6) is 0 Å². The van der Waals surface area contributed by atoms with Crippen LogP contribution in [0.25, 0.3) is 10.1 Å². The number of carbonyl (C=O) groups excluding carboxylic acids is 1. The number of fused-ring (bicyclic) bond motifs is 1. The summed E-state index contributed by atoms with van der Waals surface area (Å²) < 4.78 is 14.6. The minimum atomic E-state index is -0.279. The van der Waals surface area contributed by atoms with Crippen LogP contribution in [0.2, 0.25) is 5.02 Å². The molecule has 1 aliphatic heterocycles. The van der Waals surface area contributed by atoms with Crippen LogP contribution < -0.4 is 4.90 Å². The number of hydrogen-bond donors (Lipinski definition) is 0. The van der Waals surface area contributed by atoms with Crippen LogP contribution in [-0.2, 0) is 0 Å². The van der Waals surface area contributed by atoms with Crippen LogP contribution in [0, 0.1) is 5.82 Å². The molecule has 1 amide bonds. The molecule has 1 aromatic heterocycles. The number of halogens is 2. The highest BCUT2D eigenvalue weighted by Crippen LogP contribution is 2.29. The number of amides is 1. The summed E-state index contributed by atoms with van der Waals surface area (Å²) >= 11 is 7.40. The lowest BCUT2D eigenvalue weighted by Crippen LogP contribution is -2.48. The molecule has 0 aliphatic carbocycles. The van der Waals surface area contributed by atoms with E-state index in [2.05, 4.69) is 4.90 Å². The van der Waals surface area contributed by atoms with Crippen molar-refractivity contribution in [2.24, 2.45) is 0 Å². The van der Waals surface area contributed by atoms with E-state index >= 15 is 0 Å². The van der Waals surface area contributed by atoms with E-state index in [1.165, 1.54) is 17.4 Å². The van der Waals surface area contributed by atoms with Crippen molar-refractivity contribution in [2.75, 3.05) is 31.1 Å². The quantitative estimate of drug-likeness (QED) is 0.651. The van der Waals surface area contributed by atoms with Crippen LogP contribution in [0.15, 0.2) is 48.5 Å². The summed E-state index contributed by atoms with van der Waals surface area (Å²) in [6.07, 6.45) is 0. The Labute approximate surface area is 154 Å². The molecule has 4 rings (SSSR count). The Balaban J connectivity index is 1.48. The van der Waals surface area contributed by atoms with Crippen LogP contribution in [-0.4, -0.2) is 37.0 Å². The topological polar surface area (TPSA) is 23.6 Å². The number of hydrogen-bond acceptors (Lipinski definition) is 3. The second-order valence-electron chi connectivity index (χ2n) is 6.02. The van der Waals surface area contributed by atoms with Gasteiger partial charge >= 0.3 is 0 Å². The molecule has 1 fully saturated rings. The smallest absolute Gasteiger partial charge is 0.264 e. The van der Waals surface area contributed by atoms with Gasteiger partial charge in [0.15, 0.2) is 0 Å². The van der Waals surface area contributed by atoms with Gasteiger partial charge in [-0.15, -0.1) is 11.3 Å². The van der Waals surface area contributed by atoms with E-state index in [9.17, 15) is 9.18 Å². The number of carbonyl (C=O) groups is 1. The third kappa shape index (κ3) is 3.22. The van der Waals surface area contributed by atoms with Crippen LogP contribution in [0.4, 0.5) is 10.1 Å². The minimum Gasteiger partial charge on any atom is -0.368 e. The molecule has 3 nitrogen and oxygen atoms in total. The summed E-state index contributed by atoms with van der Waals surface area (Å²) in [6, 6.07) is 14.4. The molecule has 1 saturated heterocycles. The lowest BCUT2D eigenvalue weighted by atomic mass is 10.2. The van der Waals surface area contributed by atoms with Gasteiger partial charge in [0.2, 0.25) is 0 Å². The van der Waals surface area contributed by atoms with Crippen molar-refractivity contribution in [3.63, 3.8) is 0 Å². The van der Waals surface area contributed by atoms with Gasteiger partial charge in [-0.05, 0) is 36.4 Å². The Morgan fingerprint density at radius 3 is 2.52 bits per heavy atom. The molecule has 128 valence electrons. The van der Waals surface area contributed by atoms with Crippen molar-refractivity contribution in [3.05, 3.63) is 64.2 Å². The molecule has 0 atom stereocenters. The van der Waals surface area contributed by atoms with E-state index in [0.29, 0.717) is 28.4 Å². The third-order valence-electron chi connectivity index (χ3n) is 4.46. The Morgan fingerprint density at radius 1 is 1.04 bits per heavy atom. The molecule has 25 heavy (non-hydrogen) atoms. The number of piperazine rings is 1. The van der Waals surface area contributed by atoms with E-state index in [1.54, 1.807) is 12.1 Å². The normalized spacial score (nSPS) is 15.0. The monoisotopic (exact) mass is 374 g/mol. The maximum Gasteiger partial charge on any atom is 0.264 e. The summed E-state index contributed by atoms with van der Waals surface area (Å²) in [4.78, 5) is 17.4. The Morgan fingerprint density at radius 2 is 1.80 bits per heavy atom. The van der Waals surface area contributed by atoms with Gasteiger partial charge in [0.25, 0.3) is 5.91 Å². The largest absolute Gasteiger partial charge is 0.368 e. The molecule has 0 N–H and O–H groups in total. The molecule has 0 saturated carbocycles. The molecule has 6 heteroatoms. The van der Waals surface area contributed by atoms with Crippen LogP contribution in [0.3, 0.4) is 0 Å². The second kappa shape index (κ2) is 6.65. The molecular weight excluding hydrogens is 359 g/mol. The van der Waals surface area contributed by atoms with Gasteiger partial charge in [-0.25, -0.2) is 4.39 Å². The van der Waals surface area contributed by atoms with Gasteiger partial charge in [-0.2, -0.15) is 0 Å². The lowest BCUT2D eigenvalue weighted by Gasteiger charge is -2.36. The van der Waals surface area contributed by atoms with E-state index in [-0.39, 0.29) is 11.7 Å². The maximum atomic E-state index is 13.8. The molecule has 2 aromatic carbocycles. The van der Waals surface area contributed by atoms with Gasteiger partial charge in [0, 0.05) is 47.0 Å². The van der Waals surface area contributed by atoms with Crippen molar-refractivity contribution >= 4 is 44.6 Å². The average Bonchev–Trinajstić information content (AvgIpc) is 3.07. The summed E-state index contributed by atoms with van der Waals surface area (Å²) in [5.41, 5.74) is 1.07. The highest BCUT2D eigenvalue weighted by Gasteiger charge is 2.24. The van der Waals surface area contributed by atoms with E-state index in [4.69, 9.17) is 11.6 Å². The lowest BCUT2D eigenvalue weighted by molar-refractivity contribution is 0.0752. The molecule has 2 heterocycles. The van der Waals surface area contributed by atoms with Crippen molar-refractivity contribution < 1.29 is 9.18 Å². The van der Waals surface area contributed by atoms with Crippen LogP contribution >= 0.6 is 22.9 Å². The number of anilines is 1. The Kier molecular flexibility index (Phi) is 4.36. The van der Waals surface area contributed by atoms with Gasteiger partial charge in [0.05, 0.1) is 4.88 Å². The Bertz CT molecular complexity index is 934. The highest BCUT2D eigenvalue weighted by atomic mass is 35.5. The number of rotatable bonds is 2. The summed E-state index contributed by atoms with van der Waals surface area (Å²) in [6.45, 7) is 2.79. The Hall–Kier alpha value is -2.11. The summed E-state index contributed by atoms with van der Waals surface area (Å²) in [5.74, 6) is -0.301. The zero-order valence-corrected chi connectivity index (χ0v) is 15.0. The van der Waals surface area contributed by atoms with Gasteiger partial charge in [-0.1, -0.05) is 23.7 Å². The first-order valence-corrected chi connectivity index (χ1v) is 9.29. The number of nitrogens with zero attached hydrogens (tertiary/aromatic N) is 2. The molecule has 0 radical (unpaired) electrons. The standard InChI is InChI=1S/C19H16ClFN2OS/c20-13-3-1-4-14(11-13)22-7-9-23(10-8-22)19(24)18-12-15-16(21)5-2-6-17(15)25-18/h1-6,11-12H,7-10H2. The fraction of sp³-hybridized carbons (Fsp3) is 0.211. The number of benzene rings is 2. The fourth-order valence-corrected chi connectivity index (χ4v) is 4.35. The van der Waals surface area contributed by atoms with Crippen molar-refractivity contribution in [3.8, 4) is 0 Å². The summed E-state index contributed by atoms with van der Waals surface area (Å²) in [5, 5.41) is 1.23. The van der Waals surface area contributed by atoms with Crippen molar-refractivity contribution in [1.82, 2.24) is 4.90 Å². The highest BCUT2D eigenvalue weighted by molar-refractivity contribution is 7.20. The molecule has 1 aliphatic rings. The van der Waals surface area contributed by atoms with Gasteiger partial charge in [0.1, 0.15) is 5.82 Å². The van der Waals surface area contributed by atoms with E-state index in [0.717, 1.165) is 23.5 Å². The fourth-order valence-electron chi connectivity index (χ4n) is 3.13. The van der Waals surface area contributed by atoms with Gasteiger partial charge < -0.3 is 9.80 Å².